The zero-order valence-corrected chi connectivity index (χ0v) is 24.4. The molecule has 4 aromatic heterocycles. The average Bonchev–Trinajstić information content (AvgIpc) is 3.65. The summed E-state index contributed by atoms with van der Waals surface area (Å²) in [6.45, 7) is 0.697. The predicted octanol–water partition coefficient (Wildman–Crippen LogP) is 6.44. The molecule has 9 nitrogen and oxygen atoms in total. The number of anilines is 1. The number of carbonyl (C=O) groups is 1. The zero-order valence-electron chi connectivity index (χ0n) is 22.1. The number of pyridine rings is 1. The van der Waals surface area contributed by atoms with Gasteiger partial charge in [0.05, 0.1) is 32.3 Å². The Morgan fingerprint density at radius 3 is 2.51 bits per heavy atom. The first kappa shape index (κ1) is 27.4. The molecular formula is C27H22Cl2F2N6O3S. The molecule has 0 aliphatic carbocycles. The quantitative estimate of drug-likeness (QED) is 0.219. The molecule has 5 heterocycles. The summed E-state index contributed by atoms with van der Waals surface area (Å²) in [5, 5.41) is 5.17. The van der Waals surface area contributed by atoms with Crippen molar-refractivity contribution in [3.05, 3.63) is 78.7 Å². The number of hydrogen-bond donors (Lipinski definition) is 0. The fourth-order valence-corrected chi connectivity index (χ4v) is 6.70. The van der Waals surface area contributed by atoms with Crippen LogP contribution in [0.5, 0.6) is 5.75 Å². The maximum Gasteiger partial charge on any atom is 0.387 e. The van der Waals surface area contributed by atoms with Gasteiger partial charge in [0.15, 0.2) is 5.69 Å². The first-order valence-electron chi connectivity index (χ1n) is 12.4. The van der Waals surface area contributed by atoms with E-state index < -0.39 is 24.1 Å². The molecule has 0 bridgehead atoms. The molecule has 41 heavy (non-hydrogen) atoms. The number of amides is 1. The number of hydrogen-bond acceptors (Lipinski definition) is 6. The molecule has 0 N–H and O–H groups in total. The number of ether oxygens (including phenoxy) is 1. The van der Waals surface area contributed by atoms with Gasteiger partial charge in [-0.1, -0.05) is 23.2 Å². The van der Waals surface area contributed by atoms with Gasteiger partial charge in [0, 0.05) is 42.7 Å². The molecule has 1 aliphatic rings. The number of aromatic nitrogens is 5. The van der Waals surface area contributed by atoms with Crippen LogP contribution >= 0.6 is 34.5 Å². The second-order valence-corrected chi connectivity index (χ2v) is 12.0. The summed E-state index contributed by atoms with van der Waals surface area (Å²) in [5.74, 6) is -0.371. The molecule has 5 aromatic rings. The van der Waals surface area contributed by atoms with Crippen LogP contribution in [0.15, 0.2) is 47.5 Å². The predicted molar refractivity (Wildman–Crippen MR) is 154 cm³/mol. The van der Waals surface area contributed by atoms with E-state index in [2.05, 4.69) is 5.10 Å². The van der Waals surface area contributed by atoms with Crippen molar-refractivity contribution >= 4 is 57.0 Å². The Labute approximate surface area is 246 Å². The molecule has 0 unspecified atom stereocenters. The second kappa shape index (κ2) is 9.97. The minimum atomic E-state index is -3.09. The van der Waals surface area contributed by atoms with E-state index in [-0.39, 0.29) is 39.6 Å². The van der Waals surface area contributed by atoms with Crippen molar-refractivity contribution in [3.63, 3.8) is 0 Å². The molecule has 212 valence electrons. The lowest BCUT2D eigenvalue weighted by molar-refractivity contribution is -0.0494. The van der Waals surface area contributed by atoms with Gasteiger partial charge in [-0.2, -0.15) is 13.9 Å². The van der Waals surface area contributed by atoms with Gasteiger partial charge in [-0.25, -0.2) is 4.98 Å². The minimum absolute atomic E-state index is 0.0767. The third-order valence-corrected chi connectivity index (χ3v) is 8.45. The summed E-state index contributed by atoms with van der Waals surface area (Å²) in [4.78, 5) is 34.2. The van der Waals surface area contributed by atoms with Crippen molar-refractivity contribution in [2.75, 3.05) is 4.90 Å². The fourth-order valence-electron chi connectivity index (χ4n) is 5.29. The minimum Gasteiger partial charge on any atom is -0.434 e. The van der Waals surface area contributed by atoms with E-state index in [0.29, 0.717) is 25.8 Å². The van der Waals surface area contributed by atoms with E-state index in [1.54, 1.807) is 43.2 Å². The first-order chi connectivity index (χ1) is 19.5. The number of carbonyl (C=O) groups excluding carboxylic acids is 1. The molecular weight excluding hydrogens is 597 g/mol. The van der Waals surface area contributed by atoms with Crippen molar-refractivity contribution in [2.24, 2.45) is 14.1 Å². The fraction of sp³-hybridized carbons (Fsp3) is 0.259. The Bertz CT molecular complexity index is 1910. The summed E-state index contributed by atoms with van der Waals surface area (Å²) < 4.78 is 37.2. The molecule has 1 aliphatic heterocycles. The third kappa shape index (κ3) is 4.41. The topological polar surface area (TPSA) is 87.2 Å². The van der Waals surface area contributed by atoms with Crippen LogP contribution in [-0.4, -0.2) is 36.4 Å². The van der Waals surface area contributed by atoms with Gasteiger partial charge >= 0.3 is 6.61 Å². The van der Waals surface area contributed by atoms with E-state index in [4.69, 9.17) is 32.9 Å². The standard InChI is InChI=1S/C27H22Cl2F2N6O3S/c1-12(2)36-23-21(33-24(36)15-7-13-10-32-35(4)16(13)9-18(15)40-27(30)31)26(39)37(22(23)19-5-6-20(29)41-19)17-8-14(28)11-34(3)25(17)38/h5-12,22,27H,1-4H3/t22-/m1/s1. The van der Waals surface area contributed by atoms with Crippen LogP contribution in [0.3, 0.4) is 0 Å². The lowest BCUT2D eigenvalue weighted by Crippen LogP contribution is -2.35. The van der Waals surface area contributed by atoms with Crippen LogP contribution in [-0.2, 0) is 14.1 Å². The van der Waals surface area contributed by atoms with Crippen LogP contribution in [0.25, 0.3) is 22.3 Å². The van der Waals surface area contributed by atoms with Crippen molar-refractivity contribution in [1.29, 1.82) is 0 Å². The Morgan fingerprint density at radius 1 is 1.10 bits per heavy atom. The molecule has 0 fully saturated rings. The van der Waals surface area contributed by atoms with E-state index in [9.17, 15) is 18.4 Å². The highest BCUT2D eigenvalue weighted by atomic mass is 35.5. The SMILES string of the molecule is CC(C)n1c(-c2cc3cnn(C)c3cc2OC(F)F)nc2c1[C@@H](c1ccc(Cl)s1)N(c1cc(Cl)cn(C)c1=O)C2=O. The van der Waals surface area contributed by atoms with Crippen LogP contribution < -0.4 is 15.2 Å². The highest BCUT2D eigenvalue weighted by molar-refractivity contribution is 7.16. The molecule has 0 spiro atoms. The van der Waals surface area contributed by atoms with Crippen LogP contribution in [0, 0.1) is 0 Å². The smallest absolute Gasteiger partial charge is 0.387 e. The molecule has 1 aromatic carbocycles. The van der Waals surface area contributed by atoms with Crippen LogP contribution in [0.1, 0.15) is 47.0 Å². The monoisotopic (exact) mass is 618 g/mol. The summed E-state index contributed by atoms with van der Waals surface area (Å²) in [7, 11) is 3.24. The molecule has 0 saturated carbocycles. The molecule has 0 radical (unpaired) electrons. The van der Waals surface area contributed by atoms with Gasteiger partial charge in [0.1, 0.15) is 23.3 Å². The lowest BCUT2D eigenvalue weighted by atomic mass is 10.1. The van der Waals surface area contributed by atoms with Crippen LogP contribution in [0.4, 0.5) is 14.5 Å². The van der Waals surface area contributed by atoms with E-state index in [1.807, 2.05) is 18.4 Å². The van der Waals surface area contributed by atoms with Crippen molar-refractivity contribution < 1.29 is 18.3 Å². The summed E-state index contributed by atoms with van der Waals surface area (Å²) in [5.41, 5.74) is 1.09. The van der Waals surface area contributed by atoms with Gasteiger partial charge in [-0.05, 0) is 38.1 Å². The second-order valence-electron chi connectivity index (χ2n) is 9.87. The first-order valence-corrected chi connectivity index (χ1v) is 14.0. The molecule has 0 saturated heterocycles. The van der Waals surface area contributed by atoms with E-state index >= 15 is 0 Å². The molecule has 14 heteroatoms. The Hall–Kier alpha value is -3.74. The zero-order chi connectivity index (χ0) is 29.3. The number of nitrogens with zero attached hydrogens (tertiary/aromatic N) is 6. The number of halogens is 4. The number of benzene rings is 1. The number of aryl methyl sites for hydroxylation is 2. The van der Waals surface area contributed by atoms with Gasteiger partial charge in [-0.3, -0.25) is 19.2 Å². The van der Waals surface area contributed by atoms with Gasteiger partial charge in [0.2, 0.25) is 0 Å². The molecule has 1 atom stereocenters. The number of rotatable bonds is 6. The van der Waals surface area contributed by atoms with Crippen molar-refractivity contribution in [1.82, 2.24) is 23.9 Å². The summed E-state index contributed by atoms with van der Waals surface area (Å²) in [6.07, 6.45) is 3.07. The Kier molecular flexibility index (Phi) is 6.67. The third-order valence-electron chi connectivity index (χ3n) is 6.96. The highest BCUT2D eigenvalue weighted by Gasteiger charge is 2.46. The van der Waals surface area contributed by atoms with E-state index in [0.717, 1.165) is 0 Å². The number of fused-ring (bicyclic) bond motifs is 2. The lowest BCUT2D eigenvalue weighted by Gasteiger charge is -2.27. The van der Waals surface area contributed by atoms with Gasteiger partial charge < -0.3 is 13.9 Å². The number of thiophene rings is 1. The molecule has 1 amide bonds. The highest BCUT2D eigenvalue weighted by Crippen LogP contribution is 2.47. The van der Waals surface area contributed by atoms with Crippen molar-refractivity contribution in [3.8, 4) is 17.1 Å². The average molecular weight is 619 g/mol. The van der Waals surface area contributed by atoms with Gasteiger partial charge in [0.25, 0.3) is 11.5 Å². The summed E-state index contributed by atoms with van der Waals surface area (Å²) in [6, 6.07) is 7.02. The van der Waals surface area contributed by atoms with Gasteiger partial charge in [-0.15, -0.1) is 11.3 Å². The normalized spacial score (nSPS) is 15.1. The molecule has 6 rings (SSSR count). The number of alkyl halides is 2. The maximum absolute atomic E-state index is 14.1. The van der Waals surface area contributed by atoms with E-state index in [1.165, 1.54) is 39.1 Å². The Balaban J connectivity index is 1.64. The number of imidazole rings is 1. The van der Waals surface area contributed by atoms with Crippen LogP contribution in [0.2, 0.25) is 9.36 Å². The maximum atomic E-state index is 14.1. The summed E-state index contributed by atoms with van der Waals surface area (Å²) >= 11 is 13.9. The largest absolute Gasteiger partial charge is 0.434 e. The Morgan fingerprint density at radius 2 is 1.85 bits per heavy atom. The van der Waals surface area contributed by atoms with Crippen molar-refractivity contribution in [2.45, 2.75) is 32.5 Å².